The van der Waals surface area contributed by atoms with Crippen molar-refractivity contribution in [3.8, 4) is 0 Å². The summed E-state index contributed by atoms with van der Waals surface area (Å²) < 4.78 is 11.1. The third-order valence-corrected chi connectivity index (χ3v) is 5.99. The molecule has 0 radical (unpaired) electrons. The van der Waals surface area contributed by atoms with E-state index in [2.05, 4.69) is 0 Å². The van der Waals surface area contributed by atoms with Crippen LogP contribution in [0.4, 0.5) is 0 Å². The molecule has 1 amide bonds. The lowest BCUT2D eigenvalue weighted by Crippen LogP contribution is -2.50. The minimum absolute atomic E-state index is 0.184. The first-order valence-electron chi connectivity index (χ1n) is 8.98. The summed E-state index contributed by atoms with van der Waals surface area (Å²) in [7, 11) is 0. The zero-order chi connectivity index (χ0) is 19.4. The Kier molecular flexibility index (Phi) is 3.89. The molecule has 7 heteroatoms. The second-order valence-electron chi connectivity index (χ2n) is 7.41. The second kappa shape index (κ2) is 5.92. The molecule has 1 aromatic rings. The molecule has 0 unspecified atom stereocenters. The number of likely N-dealkylation sites (tertiary alicyclic amines) is 1. The molecule has 2 saturated heterocycles. The van der Waals surface area contributed by atoms with Crippen LogP contribution >= 0.6 is 0 Å². The number of fused-ring (bicyclic) bond motifs is 1. The van der Waals surface area contributed by atoms with Crippen molar-refractivity contribution in [2.75, 3.05) is 13.2 Å². The van der Waals surface area contributed by atoms with Crippen molar-refractivity contribution in [2.45, 2.75) is 32.1 Å². The predicted octanol–water partition coefficient (Wildman–Crippen LogP) is 1.38. The van der Waals surface area contributed by atoms with Gasteiger partial charge in [-0.25, -0.2) is 4.79 Å². The predicted molar refractivity (Wildman–Crippen MR) is 93.4 cm³/mol. The number of carbonyl (C=O) groups excluding carboxylic acids is 2. The third kappa shape index (κ3) is 2.27. The van der Waals surface area contributed by atoms with Crippen LogP contribution in [0.15, 0.2) is 42.0 Å². The molecule has 1 aromatic carbocycles. The molecule has 0 saturated carbocycles. The van der Waals surface area contributed by atoms with Crippen molar-refractivity contribution in [2.24, 2.45) is 11.3 Å². The van der Waals surface area contributed by atoms with E-state index in [0.29, 0.717) is 6.54 Å². The highest BCUT2D eigenvalue weighted by Crippen LogP contribution is 2.62. The van der Waals surface area contributed by atoms with Crippen LogP contribution in [-0.2, 0) is 30.4 Å². The van der Waals surface area contributed by atoms with E-state index >= 15 is 0 Å². The average molecular weight is 371 g/mol. The Morgan fingerprint density at radius 1 is 1.33 bits per heavy atom. The Morgan fingerprint density at radius 2 is 2.04 bits per heavy atom. The van der Waals surface area contributed by atoms with Gasteiger partial charge in [-0.1, -0.05) is 30.3 Å². The van der Waals surface area contributed by atoms with Crippen LogP contribution in [0.25, 0.3) is 0 Å². The van der Waals surface area contributed by atoms with Crippen LogP contribution in [0, 0.1) is 11.3 Å². The van der Waals surface area contributed by atoms with Gasteiger partial charge in [-0.2, -0.15) is 0 Å². The zero-order valence-corrected chi connectivity index (χ0v) is 15.2. The summed E-state index contributed by atoms with van der Waals surface area (Å²) in [5, 5.41) is 9.84. The van der Waals surface area contributed by atoms with Crippen molar-refractivity contribution < 1.29 is 29.0 Å². The smallest absolute Gasteiger partial charge is 0.336 e. The number of hydrogen-bond donors (Lipinski definition) is 1. The minimum Gasteiger partial charge on any atom is -0.481 e. The summed E-state index contributed by atoms with van der Waals surface area (Å²) in [6.45, 7) is 4.08. The number of amides is 1. The van der Waals surface area contributed by atoms with Crippen molar-refractivity contribution in [1.29, 1.82) is 0 Å². The minimum atomic E-state index is -1.26. The van der Waals surface area contributed by atoms with Gasteiger partial charge in [0.1, 0.15) is 17.6 Å². The number of rotatable bonds is 5. The molecule has 1 spiro atoms. The van der Waals surface area contributed by atoms with Gasteiger partial charge < -0.3 is 19.5 Å². The van der Waals surface area contributed by atoms with Gasteiger partial charge in [-0.3, -0.25) is 9.59 Å². The van der Waals surface area contributed by atoms with Crippen LogP contribution in [0.1, 0.15) is 19.4 Å². The highest BCUT2D eigenvalue weighted by Gasteiger charge is 2.77. The second-order valence-corrected chi connectivity index (χ2v) is 7.41. The SMILES string of the molecule is CCOC(=O)C1=C[C@@]23CN(Cc4ccccc4)C(=O)[C@]2(C)[C@H](C(=O)O)[C@@H]1O3. The molecule has 142 valence electrons. The van der Waals surface area contributed by atoms with Crippen molar-refractivity contribution in [3.05, 3.63) is 47.5 Å². The van der Waals surface area contributed by atoms with Gasteiger partial charge in [0.05, 0.1) is 24.1 Å². The average Bonchev–Trinajstić information content (AvgIpc) is 3.19. The van der Waals surface area contributed by atoms with E-state index in [4.69, 9.17) is 9.47 Å². The highest BCUT2D eigenvalue weighted by molar-refractivity contribution is 5.99. The summed E-state index contributed by atoms with van der Waals surface area (Å²) in [5.41, 5.74) is -1.24. The Morgan fingerprint density at radius 3 is 2.67 bits per heavy atom. The highest BCUT2D eigenvalue weighted by atomic mass is 16.6. The lowest BCUT2D eigenvalue weighted by atomic mass is 9.63. The molecule has 2 bridgehead atoms. The Balaban J connectivity index is 1.73. The molecule has 3 aliphatic heterocycles. The maximum absolute atomic E-state index is 13.3. The zero-order valence-electron chi connectivity index (χ0n) is 15.2. The lowest BCUT2D eigenvalue weighted by molar-refractivity contribution is -0.153. The summed E-state index contributed by atoms with van der Waals surface area (Å²) in [5.74, 6) is -3.12. The summed E-state index contributed by atoms with van der Waals surface area (Å²) in [6, 6.07) is 9.49. The van der Waals surface area contributed by atoms with Crippen LogP contribution in [0.2, 0.25) is 0 Å². The molecule has 27 heavy (non-hydrogen) atoms. The molecule has 4 rings (SSSR count). The molecule has 3 aliphatic rings. The van der Waals surface area contributed by atoms with Gasteiger partial charge in [0.2, 0.25) is 5.91 Å². The first-order chi connectivity index (χ1) is 12.8. The third-order valence-electron chi connectivity index (χ3n) is 5.99. The largest absolute Gasteiger partial charge is 0.481 e. The summed E-state index contributed by atoms with van der Waals surface area (Å²) in [6.07, 6.45) is 0.659. The van der Waals surface area contributed by atoms with Gasteiger partial charge >= 0.3 is 11.9 Å². The number of carboxylic acid groups (broad SMARTS) is 1. The van der Waals surface area contributed by atoms with Crippen molar-refractivity contribution >= 4 is 17.8 Å². The topological polar surface area (TPSA) is 93.1 Å². The molecule has 7 nitrogen and oxygen atoms in total. The maximum Gasteiger partial charge on any atom is 0.336 e. The normalized spacial score (nSPS) is 33.8. The number of ether oxygens (including phenoxy) is 2. The Hall–Kier alpha value is -2.67. The van der Waals surface area contributed by atoms with E-state index in [9.17, 15) is 19.5 Å². The van der Waals surface area contributed by atoms with E-state index in [1.54, 1.807) is 24.8 Å². The lowest BCUT2D eigenvalue weighted by Gasteiger charge is -2.34. The molecular weight excluding hydrogens is 350 g/mol. The quantitative estimate of drug-likeness (QED) is 0.786. The molecule has 4 atom stereocenters. The van der Waals surface area contributed by atoms with E-state index < -0.39 is 35.0 Å². The van der Waals surface area contributed by atoms with E-state index in [-0.39, 0.29) is 24.6 Å². The van der Waals surface area contributed by atoms with Gasteiger partial charge in [-0.15, -0.1) is 0 Å². The maximum atomic E-state index is 13.3. The monoisotopic (exact) mass is 371 g/mol. The number of benzene rings is 1. The molecule has 3 heterocycles. The fraction of sp³-hybridized carbons (Fsp3) is 0.450. The summed E-state index contributed by atoms with van der Waals surface area (Å²) in [4.78, 5) is 39.2. The number of aliphatic carboxylic acids is 1. The van der Waals surface area contributed by atoms with Gasteiger partial charge in [0.25, 0.3) is 0 Å². The number of nitrogens with zero attached hydrogens (tertiary/aromatic N) is 1. The van der Waals surface area contributed by atoms with Crippen molar-refractivity contribution in [3.63, 3.8) is 0 Å². The number of carbonyl (C=O) groups is 3. The van der Waals surface area contributed by atoms with Crippen LogP contribution < -0.4 is 0 Å². The van der Waals surface area contributed by atoms with E-state index in [1.807, 2.05) is 30.3 Å². The first-order valence-corrected chi connectivity index (χ1v) is 8.98. The fourth-order valence-electron chi connectivity index (χ4n) is 4.69. The molecule has 1 N–H and O–H groups in total. The molecule has 2 fully saturated rings. The molecular formula is C20H21NO6. The Labute approximate surface area is 156 Å². The number of carboxylic acids is 1. The van der Waals surface area contributed by atoms with E-state index in [0.717, 1.165) is 5.56 Å². The van der Waals surface area contributed by atoms with Crippen LogP contribution in [0.5, 0.6) is 0 Å². The first kappa shape index (κ1) is 17.7. The molecule has 0 aliphatic carbocycles. The van der Waals surface area contributed by atoms with Crippen LogP contribution in [0.3, 0.4) is 0 Å². The van der Waals surface area contributed by atoms with Crippen molar-refractivity contribution in [1.82, 2.24) is 4.90 Å². The standard InChI is InChI=1S/C20H21NO6/c1-3-26-17(24)13-9-20-11-21(10-12-7-5-4-6-8-12)18(25)19(20,2)14(16(22)23)15(13)27-20/h4-9,14-15H,3,10-11H2,1-2H3,(H,22,23)/t14-,15+,19-,20+/m0/s1. The van der Waals surface area contributed by atoms with E-state index in [1.165, 1.54) is 0 Å². The number of esters is 1. The molecule has 0 aromatic heterocycles. The number of hydrogen-bond acceptors (Lipinski definition) is 5. The fourth-order valence-corrected chi connectivity index (χ4v) is 4.69. The summed E-state index contributed by atoms with van der Waals surface area (Å²) >= 11 is 0. The van der Waals surface area contributed by atoms with Crippen LogP contribution in [-0.4, -0.2) is 52.7 Å². The van der Waals surface area contributed by atoms with Gasteiger partial charge in [-0.05, 0) is 25.5 Å². The Bertz CT molecular complexity index is 849. The van der Waals surface area contributed by atoms with Gasteiger partial charge in [0.15, 0.2) is 0 Å². The van der Waals surface area contributed by atoms with Gasteiger partial charge in [0, 0.05) is 6.54 Å².